The van der Waals surface area contributed by atoms with Crippen LogP contribution in [0.1, 0.15) is 26.3 Å². The van der Waals surface area contributed by atoms with Gasteiger partial charge in [0, 0.05) is 21.5 Å². The van der Waals surface area contributed by atoms with Gasteiger partial charge in [0.25, 0.3) is 0 Å². The fourth-order valence-electron chi connectivity index (χ4n) is 8.26. The predicted molar refractivity (Wildman–Crippen MR) is 205 cm³/mol. The molecule has 4 heterocycles. The van der Waals surface area contributed by atoms with E-state index in [4.69, 9.17) is 9.47 Å². The van der Waals surface area contributed by atoms with Gasteiger partial charge in [-0.3, -0.25) is 0 Å². The fraction of sp³-hybridized carbons (Fsp3) is 0.0870. The van der Waals surface area contributed by atoms with Crippen LogP contribution in [-0.2, 0) is 5.41 Å². The monoisotopic (exact) mass is 644 g/mol. The Bertz CT molecular complexity index is 2920. The Morgan fingerprint density at radius 3 is 1.56 bits per heavy atom. The highest BCUT2D eigenvalue weighted by molar-refractivity contribution is 6.15. The van der Waals surface area contributed by atoms with Crippen molar-refractivity contribution in [2.24, 2.45) is 0 Å². The number of ether oxygens (including phenoxy) is 2. The minimum atomic E-state index is -0.0279. The molecule has 0 saturated carbocycles. The van der Waals surface area contributed by atoms with E-state index in [1.165, 1.54) is 60.4 Å². The highest BCUT2D eigenvalue weighted by atomic mass is 16.5. The van der Waals surface area contributed by atoms with Gasteiger partial charge in [0.05, 0.1) is 33.4 Å². The van der Waals surface area contributed by atoms with Gasteiger partial charge in [-0.15, -0.1) is 0 Å². The maximum Gasteiger partial charge on any atom is 0.152 e. The molecule has 50 heavy (non-hydrogen) atoms. The van der Waals surface area contributed by atoms with Crippen LogP contribution in [0.4, 0.5) is 0 Å². The lowest BCUT2D eigenvalue weighted by Crippen LogP contribution is -2.12. The van der Waals surface area contributed by atoms with Gasteiger partial charge in [0.2, 0.25) is 0 Å². The van der Waals surface area contributed by atoms with Gasteiger partial charge in [-0.25, -0.2) is 0 Å². The fourth-order valence-corrected chi connectivity index (χ4v) is 8.26. The molecular weight excluding hydrogens is 613 g/mol. The summed E-state index contributed by atoms with van der Waals surface area (Å²) in [6, 6.07) is 50.2. The molecule has 0 atom stereocenters. The zero-order chi connectivity index (χ0) is 33.3. The summed E-state index contributed by atoms with van der Waals surface area (Å²) < 4.78 is 17.7. The van der Waals surface area contributed by atoms with Crippen LogP contribution >= 0.6 is 0 Å². The van der Waals surface area contributed by atoms with Crippen LogP contribution in [0.25, 0.3) is 77.2 Å². The summed E-state index contributed by atoms with van der Waals surface area (Å²) >= 11 is 0. The third-order valence-corrected chi connectivity index (χ3v) is 10.6. The first-order valence-electron chi connectivity index (χ1n) is 17.3. The van der Waals surface area contributed by atoms with Crippen LogP contribution in [0.15, 0.2) is 140 Å². The lowest BCUT2D eigenvalue weighted by atomic mass is 9.86. The largest absolute Gasteiger partial charge is 0.453 e. The van der Waals surface area contributed by atoms with Gasteiger partial charge in [-0.1, -0.05) is 93.6 Å². The van der Waals surface area contributed by atoms with E-state index in [1.54, 1.807) is 0 Å². The summed E-state index contributed by atoms with van der Waals surface area (Å²) in [5.41, 5.74) is 12.8. The number of rotatable bonds is 2. The van der Waals surface area contributed by atoms with Gasteiger partial charge < -0.3 is 18.6 Å². The van der Waals surface area contributed by atoms with Gasteiger partial charge in [0.1, 0.15) is 0 Å². The molecule has 0 saturated heterocycles. The molecule has 2 aromatic heterocycles. The Morgan fingerprint density at radius 1 is 0.420 bits per heavy atom. The summed E-state index contributed by atoms with van der Waals surface area (Å²) in [7, 11) is 0. The summed E-state index contributed by atoms with van der Waals surface area (Å²) in [5.74, 6) is 3.57. The Balaban J connectivity index is 1.13. The Kier molecular flexibility index (Phi) is 5.35. The second kappa shape index (κ2) is 9.67. The lowest BCUT2D eigenvalue weighted by molar-refractivity contribution is 0.473. The molecule has 0 fully saturated rings. The van der Waals surface area contributed by atoms with Crippen LogP contribution in [0, 0.1) is 0 Å². The highest BCUT2D eigenvalue weighted by Gasteiger charge is 2.28. The SMILES string of the molecule is CC(C)(C)c1cc2c3c(c1)c1cc(-c4ccccc4-c4ccc5c(c4)c4cccc6c4n5-c4ccccc4O6)ccc1n3-c1ccccc1O2. The molecule has 0 unspecified atom stereocenters. The van der Waals surface area contributed by atoms with Gasteiger partial charge >= 0.3 is 0 Å². The van der Waals surface area contributed by atoms with E-state index < -0.39 is 0 Å². The van der Waals surface area contributed by atoms with Gasteiger partial charge in [-0.05, 0) is 100.0 Å². The van der Waals surface area contributed by atoms with E-state index in [9.17, 15) is 0 Å². The van der Waals surface area contributed by atoms with E-state index in [2.05, 4.69) is 151 Å². The van der Waals surface area contributed by atoms with Crippen molar-refractivity contribution in [2.45, 2.75) is 26.2 Å². The van der Waals surface area contributed by atoms with E-state index in [0.717, 1.165) is 45.4 Å². The minimum Gasteiger partial charge on any atom is -0.453 e. The average molecular weight is 645 g/mol. The number of benzene rings is 7. The predicted octanol–water partition coefficient (Wildman–Crippen LogP) is 12.7. The van der Waals surface area contributed by atoms with Crippen LogP contribution in [0.2, 0.25) is 0 Å². The molecule has 0 bridgehead atoms. The minimum absolute atomic E-state index is 0.0279. The molecule has 4 nitrogen and oxygen atoms in total. The molecule has 7 aromatic carbocycles. The number of hydrogen-bond acceptors (Lipinski definition) is 2. The number of para-hydroxylation sites is 5. The standard InChI is InChI=1S/C46H32N2O2/c1-46(2,3)29-25-35-34-24-28(20-22-37(34)48-39-15-7-9-17-41(39)50-43(26-29)45(35)48)31-12-5-4-11-30(31)27-19-21-36-33(23-27)32-13-10-18-42-44(32)47(36)38-14-6-8-16-40(38)49-42/h4-26H,1-3H3. The summed E-state index contributed by atoms with van der Waals surface area (Å²) in [5, 5.41) is 4.85. The zero-order valence-electron chi connectivity index (χ0n) is 28.0. The summed E-state index contributed by atoms with van der Waals surface area (Å²) in [6.45, 7) is 6.80. The van der Waals surface area contributed by atoms with Crippen molar-refractivity contribution in [3.63, 3.8) is 0 Å². The molecule has 2 aliphatic rings. The second-order valence-corrected chi connectivity index (χ2v) is 14.6. The van der Waals surface area contributed by atoms with Crippen LogP contribution in [0.5, 0.6) is 23.0 Å². The molecule has 4 heteroatoms. The van der Waals surface area contributed by atoms with E-state index >= 15 is 0 Å². The maximum atomic E-state index is 6.58. The third kappa shape index (κ3) is 3.71. The second-order valence-electron chi connectivity index (χ2n) is 14.6. The van der Waals surface area contributed by atoms with Crippen LogP contribution < -0.4 is 9.47 Å². The molecule has 238 valence electrons. The summed E-state index contributed by atoms with van der Waals surface area (Å²) in [4.78, 5) is 0. The van der Waals surface area contributed by atoms with Crippen molar-refractivity contribution in [3.05, 3.63) is 145 Å². The van der Waals surface area contributed by atoms with Crippen molar-refractivity contribution in [1.82, 2.24) is 9.13 Å². The first kappa shape index (κ1) is 27.7. The Labute approximate surface area is 289 Å². The van der Waals surface area contributed by atoms with Gasteiger partial charge in [-0.2, -0.15) is 0 Å². The molecular formula is C46H32N2O2. The number of nitrogens with zero attached hydrogens (tertiary/aromatic N) is 2. The lowest BCUT2D eigenvalue weighted by Gasteiger charge is -2.24. The van der Waals surface area contributed by atoms with E-state index in [0.29, 0.717) is 0 Å². The molecule has 0 aliphatic carbocycles. The molecule has 9 aromatic rings. The van der Waals surface area contributed by atoms with Crippen molar-refractivity contribution >= 4 is 43.6 Å². The Hall–Kier alpha value is -6.26. The molecule has 2 aliphatic heterocycles. The molecule has 0 spiro atoms. The van der Waals surface area contributed by atoms with Crippen molar-refractivity contribution < 1.29 is 9.47 Å². The number of aromatic nitrogens is 2. The Morgan fingerprint density at radius 2 is 0.940 bits per heavy atom. The zero-order valence-corrected chi connectivity index (χ0v) is 28.0. The third-order valence-electron chi connectivity index (χ3n) is 10.6. The number of fused-ring (bicyclic) bond motifs is 10. The van der Waals surface area contributed by atoms with E-state index in [1.807, 2.05) is 18.2 Å². The smallest absolute Gasteiger partial charge is 0.152 e. The molecule has 11 rings (SSSR count). The average Bonchev–Trinajstić information content (AvgIpc) is 3.66. The maximum absolute atomic E-state index is 6.58. The molecule has 0 radical (unpaired) electrons. The molecule has 0 amide bonds. The van der Waals surface area contributed by atoms with E-state index in [-0.39, 0.29) is 5.41 Å². The summed E-state index contributed by atoms with van der Waals surface area (Å²) in [6.07, 6.45) is 0. The van der Waals surface area contributed by atoms with Crippen LogP contribution in [0.3, 0.4) is 0 Å². The van der Waals surface area contributed by atoms with Crippen molar-refractivity contribution in [2.75, 3.05) is 0 Å². The first-order valence-corrected chi connectivity index (χ1v) is 17.3. The normalized spacial score (nSPS) is 13.0. The van der Waals surface area contributed by atoms with Gasteiger partial charge in [0.15, 0.2) is 23.0 Å². The number of hydrogen-bond donors (Lipinski definition) is 0. The topological polar surface area (TPSA) is 28.3 Å². The van der Waals surface area contributed by atoms with Crippen molar-refractivity contribution in [1.29, 1.82) is 0 Å². The highest BCUT2D eigenvalue weighted by Crippen LogP contribution is 2.49. The quantitative estimate of drug-likeness (QED) is 0.187. The van der Waals surface area contributed by atoms with Crippen LogP contribution in [-0.4, -0.2) is 9.13 Å². The van der Waals surface area contributed by atoms with Crippen molar-refractivity contribution in [3.8, 4) is 56.6 Å². The first-order chi connectivity index (χ1) is 24.4. The molecule has 0 N–H and O–H groups in total.